The number of hydrogen-bond donors (Lipinski definition) is 0. The molecule has 1 heterocycles. The van der Waals surface area contributed by atoms with E-state index in [1.165, 1.54) is 19.0 Å². The molecule has 0 atom stereocenters. The summed E-state index contributed by atoms with van der Waals surface area (Å²) < 4.78 is 12.2. The number of halogens is 1. The lowest BCUT2D eigenvalue weighted by Gasteiger charge is -2.34. The van der Waals surface area contributed by atoms with Gasteiger partial charge < -0.3 is 13.8 Å². The minimum atomic E-state index is 0.489. The molecule has 140 valence electrons. The Morgan fingerprint density at radius 3 is 2.37 bits per heavy atom. The van der Waals surface area contributed by atoms with Crippen molar-refractivity contribution in [2.75, 3.05) is 11.9 Å². The van der Waals surface area contributed by atoms with E-state index in [0.717, 1.165) is 33.8 Å². The van der Waals surface area contributed by atoms with E-state index in [0.29, 0.717) is 5.95 Å². The Balaban J connectivity index is 2.23. The molecule has 0 fully saturated rings. The minimum absolute atomic E-state index is 0.489. The van der Waals surface area contributed by atoms with Gasteiger partial charge in [0.15, 0.2) is 0 Å². The van der Waals surface area contributed by atoms with Crippen LogP contribution in [0.5, 0.6) is 5.75 Å². The molecule has 0 unspecified atom stereocenters. The van der Waals surface area contributed by atoms with Crippen molar-refractivity contribution in [3.05, 3.63) is 89.5 Å². The first-order valence-electron chi connectivity index (χ1n) is 8.46. The third-order valence-corrected chi connectivity index (χ3v) is 6.25. The Morgan fingerprint density at radius 2 is 1.70 bits per heavy atom. The average Bonchev–Trinajstić information content (AvgIpc) is 2.72. The Bertz CT molecular complexity index is 894. The zero-order valence-corrected chi connectivity index (χ0v) is 19.1. The van der Waals surface area contributed by atoms with Gasteiger partial charge in [-0.25, -0.2) is 0 Å². The molecule has 2 aromatic rings. The molecule has 1 aliphatic rings. The SMILES string of the molecule is C/C=C1C(=C(/OSSI)Oc2ccccc2)/c2ccccc2N(C)C/1=C/C. The molecule has 3 nitrogen and oxygen atoms in total. The average molecular weight is 509 g/mol. The monoisotopic (exact) mass is 509 g/mol. The number of anilines is 1. The first-order chi connectivity index (χ1) is 13.2. The molecule has 0 saturated carbocycles. The predicted molar refractivity (Wildman–Crippen MR) is 127 cm³/mol. The highest BCUT2D eigenvalue weighted by molar-refractivity contribution is 14.2. The van der Waals surface area contributed by atoms with Crippen molar-refractivity contribution >= 4 is 51.5 Å². The number of nitrogens with zero attached hydrogens (tertiary/aromatic N) is 1. The number of hydrogen-bond acceptors (Lipinski definition) is 5. The van der Waals surface area contributed by atoms with E-state index < -0.39 is 0 Å². The molecule has 0 aromatic heterocycles. The molecular formula is C21H20INO2S2. The molecule has 2 aromatic carbocycles. The van der Waals surface area contributed by atoms with Gasteiger partial charge in [-0.05, 0) is 32.0 Å². The fourth-order valence-corrected chi connectivity index (χ4v) is 4.30. The van der Waals surface area contributed by atoms with E-state index in [4.69, 9.17) is 8.92 Å². The number of benzene rings is 2. The largest absolute Gasteiger partial charge is 0.425 e. The van der Waals surface area contributed by atoms with Gasteiger partial charge in [-0.2, -0.15) is 0 Å². The van der Waals surface area contributed by atoms with Crippen LogP contribution in [0.1, 0.15) is 19.4 Å². The molecule has 3 rings (SSSR count). The summed E-state index contributed by atoms with van der Waals surface area (Å²) in [6, 6.07) is 18.0. The Morgan fingerprint density at radius 1 is 1.00 bits per heavy atom. The highest BCUT2D eigenvalue weighted by Gasteiger charge is 2.30. The summed E-state index contributed by atoms with van der Waals surface area (Å²) in [6.07, 6.45) is 4.22. The lowest BCUT2D eigenvalue weighted by molar-refractivity contribution is 0.258. The van der Waals surface area contributed by atoms with Crippen LogP contribution in [0.2, 0.25) is 0 Å². The van der Waals surface area contributed by atoms with E-state index in [9.17, 15) is 0 Å². The van der Waals surface area contributed by atoms with Crippen LogP contribution >= 0.6 is 40.2 Å². The standard InChI is InChI=1S/C21H20INO2S2/c1-4-16-18(5-2)23(3)19-14-10-9-13-17(19)20(16)21(25-27-26-22)24-15-11-7-6-8-12-15/h4-14H,1-3H3/b16-4+,18-5+,21-20-. The van der Waals surface area contributed by atoms with Gasteiger partial charge in [-0.1, -0.05) is 48.6 Å². The smallest absolute Gasteiger partial charge is 0.307 e. The first kappa shape index (κ1) is 20.2. The van der Waals surface area contributed by atoms with Crippen LogP contribution < -0.4 is 9.64 Å². The van der Waals surface area contributed by atoms with Gasteiger partial charge in [0.05, 0.1) is 5.57 Å². The number of likely N-dealkylation sites (N-methyl/N-ethyl adjacent to an activating group) is 1. The van der Waals surface area contributed by atoms with Gasteiger partial charge in [0.25, 0.3) is 0 Å². The van der Waals surface area contributed by atoms with Crippen molar-refractivity contribution in [1.82, 2.24) is 0 Å². The third-order valence-electron chi connectivity index (χ3n) is 4.30. The van der Waals surface area contributed by atoms with Gasteiger partial charge >= 0.3 is 5.95 Å². The fourth-order valence-electron chi connectivity index (χ4n) is 3.17. The van der Waals surface area contributed by atoms with Crippen LogP contribution in [0, 0.1) is 0 Å². The third kappa shape index (κ3) is 4.33. The molecule has 1 aliphatic heterocycles. The van der Waals surface area contributed by atoms with Crippen molar-refractivity contribution in [3.8, 4) is 5.75 Å². The maximum Gasteiger partial charge on any atom is 0.307 e. The summed E-state index contributed by atoms with van der Waals surface area (Å²) in [5.74, 6) is 1.23. The van der Waals surface area contributed by atoms with Gasteiger partial charge in [-0.15, -0.1) is 0 Å². The topological polar surface area (TPSA) is 21.7 Å². The number of ether oxygens (including phenoxy) is 1. The van der Waals surface area contributed by atoms with Gasteiger partial charge in [0.2, 0.25) is 0 Å². The minimum Gasteiger partial charge on any atom is -0.425 e. The van der Waals surface area contributed by atoms with E-state index in [-0.39, 0.29) is 0 Å². The quantitative estimate of drug-likeness (QED) is 0.181. The molecule has 0 radical (unpaired) electrons. The zero-order valence-electron chi connectivity index (χ0n) is 15.3. The van der Waals surface area contributed by atoms with E-state index >= 15 is 0 Å². The van der Waals surface area contributed by atoms with E-state index in [1.54, 1.807) is 0 Å². The summed E-state index contributed by atoms with van der Waals surface area (Å²) >= 11 is 3.48. The maximum absolute atomic E-state index is 6.21. The lowest BCUT2D eigenvalue weighted by Crippen LogP contribution is -2.25. The number of fused-ring (bicyclic) bond motifs is 1. The predicted octanol–water partition coefficient (Wildman–Crippen LogP) is 7.40. The molecule has 0 N–H and O–H groups in total. The number of para-hydroxylation sites is 2. The van der Waals surface area contributed by atoms with Gasteiger partial charge in [-0.3, -0.25) is 0 Å². The second-order valence-electron chi connectivity index (χ2n) is 5.74. The van der Waals surface area contributed by atoms with Crippen molar-refractivity contribution in [1.29, 1.82) is 0 Å². The van der Waals surface area contributed by atoms with Crippen LogP contribution in [0.4, 0.5) is 5.69 Å². The van der Waals surface area contributed by atoms with Crippen LogP contribution in [0.3, 0.4) is 0 Å². The van der Waals surface area contributed by atoms with Gasteiger partial charge in [0, 0.05) is 58.7 Å². The van der Waals surface area contributed by atoms with Crippen molar-refractivity contribution in [2.24, 2.45) is 0 Å². The molecular weight excluding hydrogens is 489 g/mol. The van der Waals surface area contributed by atoms with Crippen molar-refractivity contribution in [2.45, 2.75) is 13.8 Å². The van der Waals surface area contributed by atoms with Crippen LogP contribution in [0.15, 0.2) is 84.0 Å². The fraction of sp³-hybridized carbons (Fsp3) is 0.143. The second kappa shape index (κ2) is 9.61. The second-order valence-corrected chi connectivity index (χ2v) is 10.2. The molecule has 0 amide bonds. The van der Waals surface area contributed by atoms with E-state index in [2.05, 4.69) is 70.4 Å². The zero-order chi connectivity index (χ0) is 19.2. The summed E-state index contributed by atoms with van der Waals surface area (Å²) in [6.45, 7) is 4.09. The normalized spacial score (nSPS) is 18.4. The summed E-state index contributed by atoms with van der Waals surface area (Å²) in [5, 5.41) is 0. The number of rotatable bonds is 5. The van der Waals surface area contributed by atoms with Crippen molar-refractivity contribution in [3.63, 3.8) is 0 Å². The van der Waals surface area contributed by atoms with Gasteiger partial charge in [0.1, 0.15) is 16.8 Å². The summed E-state index contributed by atoms with van der Waals surface area (Å²) in [4.78, 5) is 2.20. The Hall–Kier alpha value is -1.51. The Kier molecular flexibility index (Phi) is 7.20. The molecule has 0 aliphatic carbocycles. The molecule has 0 saturated heterocycles. The summed E-state index contributed by atoms with van der Waals surface area (Å²) in [5.41, 5.74) is 5.38. The summed E-state index contributed by atoms with van der Waals surface area (Å²) in [7, 11) is 3.59. The number of allylic oxidation sites excluding steroid dienone is 3. The van der Waals surface area contributed by atoms with E-state index in [1.807, 2.05) is 43.3 Å². The van der Waals surface area contributed by atoms with Crippen LogP contribution in [-0.2, 0) is 4.18 Å². The van der Waals surface area contributed by atoms with Crippen LogP contribution in [-0.4, -0.2) is 7.05 Å². The van der Waals surface area contributed by atoms with Crippen molar-refractivity contribution < 1.29 is 8.92 Å². The Labute approximate surface area is 180 Å². The van der Waals surface area contributed by atoms with Crippen LogP contribution in [0.25, 0.3) is 5.57 Å². The maximum atomic E-state index is 6.21. The lowest BCUT2D eigenvalue weighted by atomic mass is 9.89. The molecule has 6 heteroatoms. The first-order valence-corrected chi connectivity index (χ1v) is 13.1. The molecule has 0 spiro atoms. The molecule has 0 bridgehead atoms. The highest BCUT2D eigenvalue weighted by atomic mass is 127. The highest BCUT2D eigenvalue weighted by Crippen LogP contribution is 2.46. The molecule has 27 heavy (non-hydrogen) atoms.